The summed E-state index contributed by atoms with van der Waals surface area (Å²) in [6, 6.07) is 6.18. The molecule has 4 nitrogen and oxygen atoms in total. The summed E-state index contributed by atoms with van der Waals surface area (Å²) in [4.78, 5) is 0. The third-order valence-corrected chi connectivity index (χ3v) is 9.33. The average molecular weight is 395 g/mol. The summed E-state index contributed by atoms with van der Waals surface area (Å²) in [6.07, 6.45) is 0. The molecule has 0 aromatic heterocycles. The summed E-state index contributed by atoms with van der Waals surface area (Å²) in [5, 5.41) is 0.0761. The van der Waals surface area contributed by atoms with Crippen molar-refractivity contribution in [3.8, 4) is 5.75 Å². The van der Waals surface area contributed by atoms with Gasteiger partial charge >= 0.3 is 5.95 Å². The molecule has 0 N–H and O–H groups in total. The molecular weight excluding hydrogens is 356 g/mol. The normalized spacial score (nSPS) is 13.4. The van der Waals surface area contributed by atoms with Crippen LogP contribution in [0.5, 0.6) is 5.75 Å². The largest absolute Gasteiger partial charge is 0.516 e. The van der Waals surface area contributed by atoms with Gasteiger partial charge in [0.25, 0.3) is 8.32 Å². The Kier molecular flexibility index (Phi) is 8.42. The van der Waals surface area contributed by atoms with Gasteiger partial charge in [-0.05, 0) is 36.5 Å². The van der Waals surface area contributed by atoms with Gasteiger partial charge in [-0.3, -0.25) is 0 Å². The van der Waals surface area contributed by atoms with E-state index in [0.717, 1.165) is 16.9 Å². The number of methoxy groups -OCH3 is 1. The van der Waals surface area contributed by atoms with Gasteiger partial charge in [0.05, 0.1) is 13.2 Å². The number of ether oxygens (including phenoxy) is 3. The van der Waals surface area contributed by atoms with Crippen LogP contribution in [-0.4, -0.2) is 22.0 Å². The Hall–Kier alpha value is -1.46. The van der Waals surface area contributed by atoms with E-state index in [-0.39, 0.29) is 5.04 Å². The Morgan fingerprint density at radius 2 is 1.78 bits per heavy atom. The molecule has 0 aliphatic rings. The maximum atomic E-state index is 6.42. The summed E-state index contributed by atoms with van der Waals surface area (Å²) in [7, 11) is -0.342. The first-order valence-electron chi connectivity index (χ1n) is 9.75. The van der Waals surface area contributed by atoms with Crippen LogP contribution in [0, 0.1) is 0 Å². The van der Waals surface area contributed by atoms with E-state index in [2.05, 4.69) is 53.8 Å². The molecule has 154 valence electrons. The van der Waals surface area contributed by atoms with E-state index in [0.29, 0.717) is 30.8 Å². The predicted molar refractivity (Wildman–Crippen MR) is 114 cm³/mol. The Balaban J connectivity index is 3.33. The lowest BCUT2D eigenvalue weighted by Gasteiger charge is -2.37. The van der Waals surface area contributed by atoms with Crippen molar-refractivity contribution in [3.05, 3.63) is 41.0 Å². The molecule has 0 radical (unpaired) electrons. The molecule has 0 amide bonds. The van der Waals surface area contributed by atoms with Crippen molar-refractivity contribution in [2.24, 2.45) is 0 Å². The highest BCUT2D eigenvalue weighted by Crippen LogP contribution is 2.39. The maximum Gasteiger partial charge on any atom is 0.305 e. The number of rotatable bonds is 9. The fourth-order valence-corrected chi connectivity index (χ4v) is 3.34. The van der Waals surface area contributed by atoms with Crippen molar-refractivity contribution >= 4 is 8.32 Å². The van der Waals surface area contributed by atoms with E-state index in [9.17, 15) is 0 Å². The second-order valence-corrected chi connectivity index (χ2v) is 13.4. The van der Waals surface area contributed by atoms with Gasteiger partial charge in [0.2, 0.25) is 0 Å². The number of benzene rings is 1. The molecule has 5 heteroatoms. The zero-order chi connectivity index (χ0) is 20.8. The van der Waals surface area contributed by atoms with Crippen LogP contribution < -0.4 is 4.74 Å². The van der Waals surface area contributed by atoms with Gasteiger partial charge in [0, 0.05) is 19.6 Å². The van der Waals surface area contributed by atoms with Crippen molar-refractivity contribution in [1.29, 1.82) is 0 Å². The topological polar surface area (TPSA) is 36.9 Å². The first-order chi connectivity index (χ1) is 12.4. The minimum Gasteiger partial charge on any atom is -0.516 e. The summed E-state index contributed by atoms with van der Waals surface area (Å²) in [5.74, 6) is 2.31. The van der Waals surface area contributed by atoms with Gasteiger partial charge in [-0.1, -0.05) is 52.8 Å². The highest BCUT2D eigenvalue weighted by molar-refractivity contribution is 6.74. The molecule has 0 heterocycles. The lowest BCUT2D eigenvalue weighted by molar-refractivity contribution is 0.0895. The molecule has 1 aromatic carbocycles. The minimum absolute atomic E-state index is 0.0761. The molecule has 27 heavy (non-hydrogen) atoms. The second kappa shape index (κ2) is 9.65. The number of hydrogen-bond donors (Lipinski definition) is 0. The van der Waals surface area contributed by atoms with Gasteiger partial charge in [0.1, 0.15) is 5.75 Å². The van der Waals surface area contributed by atoms with E-state index in [1.807, 2.05) is 26.0 Å². The molecule has 0 aliphatic heterocycles. The van der Waals surface area contributed by atoms with E-state index in [4.69, 9.17) is 18.6 Å². The molecule has 0 saturated carbocycles. The van der Waals surface area contributed by atoms with Crippen molar-refractivity contribution < 1.29 is 18.6 Å². The fourth-order valence-electron chi connectivity index (χ4n) is 2.37. The van der Waals surface area contributed by atoms with Gasteiger partial charge in [-0.2, -0.15) is 0 Å². The maximum absolute atomic E-state index is 6.42. The van der Waals surface area contributed by atoms with Crippen LogP contribution >= 0.6 is 0 Å². The first kappa shape index (κ1) is 23.6. The van der Waals surface area contributed by atoms with Crippen LogP contribution in [0.15, 0.2) is 29.9 Å². The quantitative estimate of drug-likeness (QED) is 0.350. The van der Waals surface area contributed by atoms with Crippen molar-refractivity contribution in [1.82, 2.24) is 0 Å². The molecule has 0 unspecified atom stereocenters. The van der Waals surface area contributed by atoms with Crippen molar-refractivity contribution in [3.63, 3.8) is 0 Å². The molecule has 0 atom stereocenters. The first-order valence-corrected chi connectivity index (χ1v) is 12.7. The van der Waals surface area contributed by atoms with E-state index < -0.39 is 8.32 Å². The average Bonchev–Trinajstić information content (AvgIpc) is 2.54. The Morgan fingerprint density at radius 1 is 1.15 bits per heavy atom. The summed E-state index contributed by atoms with van der Waals surface area (Å²) < 4.78 is 24.0. The smallest absolute Gasteiger partial charge is 0.305 e. The van der Waals surface area contributed by atoms with Crippen molar-refractivity contribution in [2.75, 3.05) is 13.7 Å². The monoisotopic (exact) mass is 394 g/mol. The number of para-hydroxylation sites is 1. The van der Waals surface area contributed by atoms with E-state index >= 15 is 0 Å². The Morgan fingerprint density at radius 3 is 2.26 bits per heavy atom. The van der Waals surface area contributed by atoms with Crippen LogP contribution in [0.3, 0.4) is 0 Å². The highest BCUT2D eigenvalue weighted by Gasteiger charge is 2.40. The van der Waals surface area contributed by atoms with Crippen LogP contribution in [0.4, 0.5) is 0 Å². The molecule has 0 spiro atoms. The van der Waals surface area contributed by atoms with Crippen LogP contribution in [-0.2, 0) is 20.5 Å². The number of hydrogen-bond acceptors (Lipinski definition) is 4. The zero-order valence-electron chi connectivity index (χ0n) is 18.9. The Bertz CT molecular complexity index is 642. The molecule has 0 fully saturated rings. The Labute approximate surface area is 167 Å². The SMILES string of the molecule is CCO/C(O[Si](C)(C)C(C)(C)C)=C(\C)Oc1c(COC)cccc1C(C)C. The van der Waals surface area contributed by atoms with Crippen LogP contribution in [0.25, 0.3) is 0 Å². The summed E-state index contributed by atoms with van der Waals surface area (Å²) >= 11 is 0. The van der Waals surface area contributed by atoms with Gasteiger partial charge in [0.15, 0.2) is 5.76 Å². The van der Waals surface area contributed by atoms with Gasteiger partial charge in [-0.25, -0.2) is 0 Å². The second-order valence-electron chi connectivity index (χ2n) is 8.66. The lowest BCUT2D eigenvalue weighted by Crippen LogP contribution is -2.41. The predicted octanol–water partition coefficient (Wildman–Crippen LogP) is 6.58. The lowest BCUT2D eigenvalue weighted by atomic mass is 9.99. The summed E-state index contributed by atoms with van der Waals surface area (Å²) in [6.45, 7) is 20.3. The molecule has 1 rings (SSSR count). The highest BCUT2D eigenvalue weighted by atomic mass is 28.4. The van der Waals surface area contributed by atoms with Gasteiger partial charge < -0.3 is 18.6 Å². The standard InChI is InChI=1S/C22H38O4Si/c1-11-24-21(26-27(9,10)22(5,6)7)17(4)25-20-18(15-23-8)13-12-14-19(20)16(2)3/h12-14,16H,11,15H2,1-10H3/b21-17-. The van der Waals surface area contributed by atoms with Gasteiger partial charge in [-0.15, -0.1) is 0 Å². The minimum atomic E-state index is -2.04. The molecule has 0 saturated heterocycles. The molecule has 0 aliphatic carbocycles. The number of allylic oxidation sites excluding steroid dienone is 1. The molecule has 1 aromatic rings. The molecule has 0 bridgehead atoms. The molecular formula is C22H38O4Si. The van der Waals surface area contributed by atoms with Crippen LogP contribution in [0.1, 0.15) is 65.5 Å². The van der Waals surface area contributed by atoms with Crippen molar-refractivity contribution in [2.45, 2.75) is 79.1 Å². The van der Waals surface area contributed by atoms with E-state index in [1.165, 1.54) is 0 Å². The zero-order valence-corrected chi connectivity index (χ0v) is 19.9. The third kappa shape index (κ3) is 6.28. The van der Waals surface area contributed by atoms with Crippen LogP contribution in [0.2, 0.25) is 18.1 Å². The fraction of sp³-hybridized carbons (Fsp3) is 0.636. The summed E-state index contributed by atoms with van der Waals surface area (Å²) in [5.41, 5.74) is 2.17. The third-order valence-electron chi connectivity index (χ3n) is 5.02. The van der Waals surface area contributed by atoms with E-state index in [1.54, 1.807) is 7.11 Å².